The molecule has 0 saturated carbocycles. The largest absolute Gasteiger partial charge is 0.256 e. The monoisotopic (exact) mass is 366 g/mol. The van der Waals surface area contributed by atoms with E-state index in [0.29, 0.717) is 15.6 Å². The molecule has 20 heavy (non-hydrogen) atoms. The van der Waals surface area contributed by atoms with Crippen molar-refractivity contribution in [1.82, 2.24) is 0 Å². The lowest BCUT2D eigenvalue weighted by atomic mass is 10.2. The van der Waals surface area contributed by atoms with Crippen LogP contribution in [-0.4, -0.2) is 4.21 Å². The lowest BCUT2D eigenvalue weighted by Gasteiger charge is -2.19. The van der Waals surface area contributed by atoms with Gasteiger partial charge in [0.1, 0.15) is 0 Å². The van der Waals surface area contributed by atoms with Gasteiger partial charge in [0.05, 0.1) is 16.6 Å². The molecule has 0 N–H and O–H groups in total. The van der Waals surface area contributed by atoms with Crippen LogP contribution in [0.5, 0.6) is 0 Å². The van der Waals surface area contributed by atoms with E-state index >= 15 is 0 Å². The molecular formula is C14H10Cl4OS. The van der Waals surface area contributed by atoms with E-state index < -0.39 is 14.5 Å². The van der Waals surface area contributed by atoms with E-state index in [9.17, 15) is 4.21 Å². The molecule has 106 valence electrons. The van der Waals surface area contributed by atoms with Crippen LogP contribution in [0.2, 0.25) is 10.0 Å². The summed E-state index contributed by atoms with van der Waals surface area (Å²) in [5.74, 6) is 0.243. The van der Waals surface area contributed by atoms with E-state index in [4.69, 9.17) is 46.4 Å². The van der Waals surface area contributed by atoms with Crippen LogP contribution < -0.4 is 0 Å². The Labute approximate surface area is 140 Å². The molecule has 1 nitrogen and oxygen atoms in total. The van der Waals surface area contributed by atoms with Crippen molar-refractivity contribution in [2.75, 3.05) is 0 Å². The van der Waals surface area contributed by atoms with E-state index in [-0.39, 0.29) is 5.75 Å². The molecule has 2 aromatic rings. The Hall–Kier alpha value is -0.250. The highest BCUT2D eigenvalue weighted by atomic mass is 35.5. The summed E-state index contributed by atoms with van der Waals surface area (Å²) in [5.41, 5.74) is 1.41. The van der Waals surface area contributed by atoms with Gasteiger partial charge in [-0.2, -0.15) is 0 Å². The quantitative estimate of drug-likeness (QED) is 0.649. The SMILES string of the molecule is O=S(Cc1ccc(Cl)cc1)C(Cl)(Cl)c1ccc(Cl)cc1. The van der Waals surface area contributed by atoms with Crippen molar-refractivity contribution in [1.29, 1.82) is 0 Å². The number of hydrogen-bond donors (Lipinski definition) is 0. The van der Waals surface area contributed by atoms with E-state index in [2.05, 4.69) is 0 Å². The number of benzene rings is 2. The van der Waals surface area contributed by atoms with Gasteiger partial charge >= 0.3 is 0 Å². The second kappa shape index (κ2) is 6.67. The maximum absolute atomic E-state index is 12.4. The maximum atomic E-state index is 12.4. The molecule has 0 heterocycles. The second-order valence-electron chi connectivity index (χ2n) is 4.14. The summed E-state index contributed by atoms with van der Waals surface area (Å²) in [7, 11) is -1.50. The zero-order chi connectivity index (χ0) is 14.8. The summed E-state index contributed by atoms with van der Waals surface area (Å²) in [4.78, 5) is 0. The molecule has 0 aromatic heterocycles. The van der Waals surface area contributed by atoms with Crippen LogP contribution >= 0.6 is 46.4 Å². The van der Waals surface area contributed by atoms with Crippen molar-refractivity contribution in [3.8, 4) is 0 Å². The molecule has 0 aliphatic rings. The molecule has 0 amide bonds. The highest BCUT2D eigenvalue weighted by Crippen LogP contribution is 2.39. The smallest absolute Gasteiger partial charge is 0.217 e. The van der Waals surface area contributed by atoms with Gasteiger partial charge in [0.15, 0.2) is 0 Å². The van der Waals surface area contributed by atoms with Crippen LogP contribution in [0.25, 0.3) is 0 Å². The number of rotatable bonds is 4. The minimum Gasteiger partial charge on any atom is -0.256 e. The van der Waals surface area contributed by atoms with Gasteiger partial charge in [-0.25, -0.2) is 0 Å². The number of alkyl halides is 2. The third-order valence-electron chi connectivity index (χ3n) is 2.68. The van der Waals surface area contributed by atoms with Gasteiger partial charge in [-0.3, -0.25) is 4.21 Å². The average molecular weight is 368 g/mol. The fourth-order valence-electron chi connectivity index (χ4n) is 1.60. The van der Waals surface area contributed by atoms with Crippen molar-refractivity contribution < 1.29 is 4.21 Å². The predicted molar refractivity (Wildman–Crippen MR) is 88.1 cm³/mol. The van der Waals surface area contributed by atoms with Gasteiger partial charge in [0.25, 0.3) is 0 Å². The molecule has 0 saturated heterocycles. The molecule has 0 aliphatic heterocycles. The Morgan fingerprint density at radius 2 is 1.30 bits per heavy atom. The molecule has 0 aliphatic carbocycles. The number of hydrogen-bond acceptors (Lipinski definition) is 1. The Balaban J connectivity index is 2.18. The van der Waals surface area contributed by atoms with Crippen LogP contribution in [-0.2, 0) is 20.2 Å². The van der Waals surface area contributed by atoms with Gasteiger partial charge in [0.2, 0.25) is 3.67 Å². The second-order valence-corrected chi connectivity index (χ2v) is 8.38. The van der Waals surface area contributed by atoms with Gasteiger partial charge in [-0.15, -0.1) is 0 Å². The Morgan fingerprint density at radius 1 is 0.850 bits per heavy atom. The third-order valence-corrected chi connectivity index (χ3v) is 6.05. The van der Waals surface area contributed by atoms with Crippen LogP contribution in [0.1, 0.15) is 11.1 Å². The van der Waals surface area contributed by atoms with Gasteiger partial charge in [0, 0.05) is 15.6 Å². The highest BCUT2D eigenvalue weighted by Gasteiger charge is 2.34. The molecular weight excluding hydrogens is 358 g/mol. The first kappa shape index (κ1) is 16.1. The fourth-order valence-corrected chi connectivity index (χ4v) is 3.50. The molecule has 0 spiro atoms. The van der Waals surface area contributed by atoms with E-state index in [1.807, 2.05) is 0 Å². The standard InChI is InChI=1S/C14H10Cl4OS/c15-12-5-1-10(2-6-12)9-20(19)14(17,18)11-3-7-13(16)8-4-11/h1-8H,9H2. The van der Waals surface area contributed by atoms with Gasteiger partial charge in [-0.1, -0.05) is 70.7 Å². The predicted octanol–water partition coefficient (Wildman–Crippen LogP) is 5.53. The summed E-state index contributed by atoms with van der Waals surface area (Å²) in [6, 6.07) is 13.7. The first-order chi connectivity index (χ1) is 9.39. The van der Waals surface area contributed by atoms with Crippen LogP contribution in [0, 0.1) is 0 Å². The van der Waals surface area contributed by atoms with Crippen LogP contribution in [0.4, 0.5) is 0 Å². The van der Waals surface area contributed by atoms with E-state index in [1.54, 1.807) is 48.5 Å². The highest BCUT2D eigenvalue weighted by molar-refractivity contribution is 7.88. The summed E-state index contributed by atoms with van der Waals surface area (Å²) >= 11 is 24.1. The van der Waals surface area contributed by atoms with E-state index in [1.165, 1.54) is 0 Å². The zero-order valence-electron chi connectivity index (χ0n) is 10.2. The Kier molecular flexibility index (Phi) is 5.38. The summed E-state index contributed by atoms with van der Waals surface area (Å²) in [6.45, 7) is 0. The topological polar surface area (TPSA) is 17.1 Å². The van der Waals surface area contributed by atoms with Crippen molar-refractivity contribution in [3.05, 3.63) is 69.7 Å². The third kappa shape index (κ3) is 3.90. The molecule has 1 unspecified atom stereocenters. The van der Waals surface area contributed by atoms with Gasteiger partial charge in [-0.05, 0) is 29.8 Å². The summed E-state index contributed by atoms with van der Waals surface area (Å²) in [5, 5.41) is 1.20. The van der Waals surface area contributed by atoms with Crippen molar-refractivity contribution in [2.24, 2.45) is 0 Å². The van der Waals surface area contributed by atoms with Gasteiger partial charge < -0.3 is 0 Å². The van der Waals surface area contributed by atoms with E-state index in [0.717, 1.165) is 5.56 Å². The first-order valence-corrected chi connectivity index (χ1v) is 8.49. The van der Waals surface area contributed by atoms with Crippen molar-refractivity contribution in [3.63, 3.8) is 0 Å². The molecule has 0 fully saturated rings. The van der Waals surface area contributed by atoms with Crippen molar-refractivity contribution in [2.45, 2.75) is 9.42 Å². The molecule has 2 aromatic carbocycles. The minimum atomic E-state index is -1.50. The van der Waals surface area contributed by atoms with Crippen molar-refractivity contribution >= 4 is 57.2 Å². The van der Waals surface area contributed by atoms with Crippen LogP contribution in [0.15, 0.2) is 48.5 Å². The number of halogens is 4. The molecule has 1 atom stereocenters. The molecule has 0 bridgehead atoms. The van der Waals surface area contributed by atoms with Crippen LogP contribution in [0.3, 0.4) is 0 Å². The lowest BCUT2D eigenvalue weighted by molar-refractivity contribution is 0.678. The molecule has 0 radical (unpaired) electrons. The average Bonchev–Trinajstić information content (AvgIpc) is 2.42. The fraction of sp³-hybridized carbons (Fsp3) is 0.143. The lowest BCUT2D eigenvalue weighted by Crippen LogP contribution is -2.19. The molecule has 6 heteroatoms. The Morgan fingerprint density at radius 3 is 1.80 bits per heavy atom. The summed E-state index contributed by atoms with van der Waals surface area (Å²) in [6.07, 6.45) is 0. The first-order valence-electron chi connectivity index (χ1n) is 5.66. The normalized spacial score (nSPS) is 13.2. The molecule has 2 rings (SSSR count). The zero-order valence-corrected chi connectivity index (χ0v) is 14.0. The summed E-state index contributed by atoms with van der Waals surface area (Å²) < 4.78 is 10.9. The Bertz CT molecular complexity index is 608. The maximum Gasteiger partial charge on any atom is 0.217 e. The minimum absolute atomic E-state index is 0.243.